The van der Waals surface area contributed by atoms with Gasteiger partial charge in [0.1, 0.15) is 11.6 Å². The van der Waals surface area contributed by atoms with Crippen LogP contribution in [-0.4, -0.2) is 44.1 Å². The molecule has 2 atom stereocenters. The zero-order chi connectivity index (χ0) is 34.4. The summed E-state index contributed by atoms with van der Waals surface area (Å²) in [6.45, 7) is 3.58. The van der Waals surface area contributed by atoms with Crippen molar-refractivity contribution in [1.82, 2.24) is 4.98 Å². The van der Waals surface area contributed by atoms with Gasteiger partial charge in [0.25, 0.3) is 0 Å². The second kappa shape index (κ2) is 13.2. The first-order valence-corrected chi connectivity index (χ1v) is 18.5. The summed E-state index contributed by atoms with van der Waals surface area (Å²) in [5.41, 5.74) is 5.45. The molecule has 3 aliphatic rings. The summed E-state index contributed by atoms with van der Waals surface area (Å²) in [7, 11) is 1.68. The average molecular weight is 710 g/mol. The summed E-state index contributed by atoms with van der Waals surface area (Å²) in [6.07, 6.45) is 0.605. The molecule has 1 saturated heterocycles. The third-order valence-corrected chi connectivity index (χ3v) is 11.7. The Kier molecular flexibility index (Phi) is 8.21. The molecule has 51 heavy (non-hydrogen) atoms. The number of hydrogen-bond donors (Lipinski definition) is 0. The Morgan fingerprint density at radius 3 is 2.27 bits per heavy atom. The predicted molar refractivity (Wildman–Crippen MR) is 208 cm³/mol. The second-order valence-corrected chi connectivity index (χ2v) is 14.7. The van der Waals surface area contributed by atoms with Crippen molar-refractivity contribution in [3.8, 4) is 5.75 Å². The van der Waals surface area contributed by atoms with Gasteiger partial charge >= 0.3 is 0 Å². The molecular formula is C42H36ClN5O2S. The van der Waals surface area contributed by atoms with Crippen molar-refractivity contribution in [2.45, 2.75) is 22.3 Å². The van der Waals surface area contributed by atoms with E-state index in [1.165, 1.54) is 11.3 Å². The third kappa shape index (κ3) is 5.72. The van der Waals surface area contributed by atoms with E-state index < -0.39 is 5.72 Å². The fourth-order valence-corrected chi connectivity index (χ4v) is 9.01. The minimum atomic E-state index is -0.959. The molecule has 1 fully saturated rings. The molecule has 3 aliphatic heterocycles. The van der Waals surface area contributed by atoms with Crippen LogP contribution in [0.25, 0.3) is 10.9 Å². The SMILES string of the molecule is COc1ccc(C2=NOC3(c4ccc(Cl)cc4)CC(c4cc5ccccc5nc4N4CCN(c5ccccc5)CC4)Sc4ccccc4N23)cc1. The minimum Gasteiger partial charge on any atom is -0.497 e. The number of nitrogens with zero attached hydrogens (tertiary/aromatic N) is 5. The number of para-hydroxylation sites is 3. The standard InChI is InChI=1S/C42H36ClN5O2S/c1-49-34-21-15-29(16-22-34)40-45-50-42(31-17-19-32(43)20-18-31)28-39(51-38-14-8-7-13-37(38)48(40)42)35-27-30-9-5-6-12-36(30)44-41(35)47-25-23-46(24-26-47)33-10-3-2-4-11-33/h2-22,27,39H,23-26,28H2,1H3. The van der Waals surface area contributed by atoms with E-state index in [4.69, 9.17) is 31.3 Å². The van der Waals surface area contributed by atoms with Gasteiger partial charge in [-0.15, -0.1) is 11.8 Å². The van der Waals surface area contributed by atoms with Crippen molar-refractivity contribution in [3.05, 3.63) is 155 Å². The maximum atomic E-state index is 6.80. The summed E-state index contributed by atoms with van der Waals surface area (Å²) < 4.78 is 5.49. The number of anilines is 3. The number of thioether (sulfide) groups is 1. The monoisotopic (exact) mass is 709 g/mol. The second-order valence-electron chi connectivity index (χ2n) is 13.0. The maximum Gasteiger partial charge on any atom is 0.242 e. The molecule has 0 aliphatic carbocycles. The van der Waals surface area contributed by atoms with E-state index in [-0.39, 0.29) is 5.25 Å². The van der Waals surface area contributed by atoms with Crippen LogP contribution in [0.15, 0.2) is 144 Å². The summed E-state index contributed by atoms with van der Waals surface area (Å²) in [4.78, 5) is 20.6. The molecule has 0 spiro atoms. The molecule has 2 unspecified atom stereocenters. The molecule has 0 radical (unpaired) electrons. The summed E-state index contributed by atoms with van der Waals surface area (Å²) in [6, 6.07) is 46.1. The molecular weight excluding hydrogens is 674 g/mol. The lowest BCUT2D eigenvalue weighted by Crippen LogP contribution is -2.48. The van der Waals surface area contributed by atoms with Crippen LogP contribution in [0.1, 0.15) is 28.4 Å². The normalized spacial score (nSPS) is 19.9. The lowest BCUT2D eigenvalue weighted by molar-refractivity contribution is -0.0283. The van der Waals surface area contributed by atoms with Crippen LogP contribution < -0.4 is 19.4 Å². The molecule has 0 bridgehead atoms. The quantitative estimate of drug-likeness (QED) is 0.171. The van der Waals surface area contributed by atoms with Crippen molar-refractivity contribution in [2.24, 2.45) is 5.16 Å². The van der Waals surface area contributed by atoms with Gasteiger partial charge in [-0.2, -0.15) is 0 Å². The molecule has 0 amide bonds. The van der Waals surface area contributed by atoms with Crippen LogP contribution in [-0.2, 0) is 10.6 Å². The molecule has 7 nitrogen and oxygen atoms in total. The summed E-state index contributed by atoms with van der Waals surface area (Å²) >= 11 is 8.35. The van der Waals surface area contributed by atoms with Gasteiger partial charge in [-0.1, -0.05) is 77.4 Å². The van der Waals surface area contributed by atoms with Crippen molar-refractivity contribution >= 4 is 57.3 Å². The van der Waals surface area contributed by atoms with E-state index in [1.54, 1.807) is 7.11 Å². The number of oxime groups is 1. The van der Waals surface area contributed by atoms with E-state index in [0.29, 0.717) is 11.4 Å². The topological polar surface area (TPSA) is 53.4 Å². The summed E-state index contributed by atoms with van der Waals surface area (Å²) in [5.74, 6) is 2.57. The van der Waals surface area contributed by atoms with Crippen LogP contribution in [0.4, 0.5) is 17.2 Å². The Balaban J connectivity index is 1.18. The van der Waals surface area contributed by atoms with Crippen LogP contribution >= 0.6 is 23.4 Å². The molecule has 6 aromatic rings. The molecule has 5 aromatic carbocycles. The van der Waals surface area contributed by atoms with E-state index in [2.05, 4.69) is 112 Å². The van der Waals surface area contributed by atoms with Gasteiger partial charge in [0, 0.05) is 75.5 Å². The average Bonchev–Trinajstić information content (AvgIpc) is 3.50. The number of benzene rings is 5. The van der Waals surface area contributed by atoms with Crippen LogP contribution in [0.5, 0.6) is 5.75 Å². The number of halogens is 1. The molecule has 0 saturated carbocycles. The van der Waals surface area contributed by atoms with Crippen LogP contribution in [0.2, 0.25) is 5.02 Å². The highest BCUT2D eigenvalue weighted by Gasteiger charge is 2.53. The first-order valence-electron chi connectivity index (χ1n) is 17.3. The van der Waals surface area contributed by atoms with Crippen molar-refractivity contribution in [2.75, 3.05) is 48.0 Å². The number of piperazine rings is 1. The smallest absolute Gasteiger partial charge is 0.242 e. The van der Waals surface area contributed by atoms with Gasteiger partial charge in [-0.3, -0.25) is 4.90 Å². The lowest BCUT2D eigenvalue weighted by Gasteiger charge is -2.39. The van der Waals surface area contributed by atoms with Gasteiger partial charge in [0.2, 0.25) is 5.72 Å². The molecule has 0 N–H and O–H groups in total. The molecule has 1 aromatic heterocycles. The summed E-state index contributed by atoms with van der Waals surface area (Å²) in [5, 5.41) is 6.64. The fraction of sp³-hybridized carbons (Fsp3) is 0.190. The largest absolute Gasteiger partial charge is 0.497 e. The number of ether oxygens (including phenoxy) is 1. The van der Waals surface area contributed by atoms with Crippen LogP contribution in [0, 0.1) is 0 Å². The molecule has 9 heteroatoms. The third-order valence-electron chi connectivity index (χ3n) is 10.1. The highest BCUT2D eigenvalue weighted by molar-refractivity contribution is 7.99. The molecule has 4 heterocycles. The molecule has 254 valence electrons. The van der Waals surface area contributed by atoms with Gasteiger partial charge < -0.3 is 19.4 Å². The minimum absolute atomic E-state index is 0.0310. The highest BCUT2D eigenvalue weighted by atomic mass is 35.5. The first-order chi connectivity index (χ1) is 25.1. The number of rotatable bonds is 6. The zero-order valence-corrected chi connectivity index (χ0v) is 29.7. The van der Waals surface area contributed by atoms with Crippen molar-refractivity contribution in [3.63, 3.8) is 0 Å². The number of aromatic nitrogens is 1. The number of amidine groups is 1. The number of fused-ring (bicyclic) bond motifs is 4. The fourth-order valence-electron chi connectivity index (χ4n) is 7.53. The van der Waals surface area contributed by atoms with E-state index in [9.17, 15) is 0 Å². The van der Waals surface area contributed by atoms with E-state index in [1.807, 2.05) is 48.2 Å². The Bertz CT molecular complexity index is 2230. The van der Waals surface area contributed by atoms with Crippen LogP contribution in [0.3, 0.4) is 0 Å². The number of methoxy groups -OCH3 is 1. The highest BCUT2D eigenvalue weighted by Crippen LogP contribution is 2.57. The zero-order valence-electron chi connectivity index (χ0n) is 28.2. The Labute approximate surface area is 307 Å². The maximum absolute atomic E-state index is 6.80. The number of pyridine rings is 1. The number of hydrogen-bond acceptors (Lipinski definition) is 8. The van der Waals surface area contributed by atoms with Gasteiger partial charge in [0.05, 0.1) is 18.3 Å². The van der Waals surface area contributed by atoms with Gasteiger partial charge in [-0.05, 0) is 72.8 Å². The van der Waals surface area contributed by atoms with Crippen molar-refractivity contribution in [1.29, 1.82) is 0 Å². The van der Waals surface area contributed by atoms with E-state index >= 15 is 0 Å². The van der Waals surface area contributed by atoms with Crippen molar-refractivity contribution < 1.29 is 9.57 Å². The van der Waals surface area contributed by atoms with Gasteiger partial charge in [0.15, 0.2) is 5.84 Å². The first kappa shape index (κ1) is 31.8. The Hall–Kier alpha value is -5.18. The molecule has 9 rings (SSSR count). The Morgan fingerprint density at radius 2 is 1.49 bits per heavy atom. The Morgan fingerprint density at radius 1 is 0.784 bits per heavy atom. The predicted octanol–water partition coefficient (Wildman–Crippen LogP) is 9.51. The van der Waals surface area contributed by atoms with Gasteiger partial charge in [-0.25, -0.2) is 4.98 Å². The lowest BCUT2D eigenvalue weighted by atomic mass is 9.91. The van der Waals surface area contributed by atoms with E-state index in [0.717, 1.165) is 76.2 Å².